The maximum Gasteiger partial charge on any atom is 0.0335 e. The molecule has 0 spiro atoms. The summed E-state index contributed by atoms with van der Waals surface area (Å²) in [7, 11) is 0. The van der Waals surface area contributed by atoms with Gasteiger partial charge in [0, 0.05) is 18.6 Å². The zero-order chi connectivity index (χ0) is 12.4. The highest BCUT2D eigenvalue weighted by Crippen LogP contribution is 2.36. The monoisotopic (exact) mass is 244 g/mol. The van der Waals surface area contributed by atoms with Gasteiger partial charge in [0.15, 0.2) is 0 Å². The fourth-order valence-corrected chi connectivity index (χ4v) is 3.79. The Labute approximate surface area is 110 Å². The normalized spacial score (nSPS) is 23.6. The van der Waals surface area contributed by atoms with Crippen LogP contribution in [0.15, 0.2) is 24.3 Å². The molecule has 1 aliphatic heterocycles. The summed E-state index contributed by atoms with van der Waals surface area (Å²) in [6, 6.07) is 8.93. The summed E-state index contributed by atoms with van der Waals surface area (Å²) >= 11 is 0. The van der Waals surface area contributed by atoms with Crippen molar-refractivity contribution in [3.8, 4) is 0 Å². The summed E-state index contributed by atoms with van der Waals surface area (Å²) in [5.41, 5.74) is 9.50. The van der Waals surface area contributed by atoms with E-state index in [4.69, 9.17) is 5.73 Å². The van der Waals surface area contributed by atoms with E-state index in [1.807, 2.05) is 0 Å². The van der Waals surface area contributed by atoms with Gasteiger partial charge in [-0.05, 0) is 43.4 Å². The molecule has 1 aromatic rings. The van der Waals surface area contributed by atoms with Crippen LogP contribution in [0.4, 0.5) is 0 Å². The number of hydrogen-bond donors (Lipinski definition) is 1. The quantitative estimate of drug-likeness (QED) is 0.866. The highest BCUT2D eigenvalue weighted by molar-refractivity contribution is 5.28. The van der Waals surface area contributed by atoms with Crippen molar-refractivity contribution in [3.63, 3.8) is 0 Å². The van der Waals surface area contributed by atoms with E-state index in [0.717, 1.165) is 13.1 Å². The van der Waals surface area contributed by atoms with E-state index in [1.165, 1.54) is 50.6 Å². The minimum Gasteiger partial charge on any atom is -0.329 e. The number of benzene rings is 1. The highest BCUT2D eigenvalue weighted by atomic mass is 15.2. The first-order valence-electron chi connectivity index (χ1n) is 7.36. The second-order valence-electron chi connectivity index (χ2n) is 5.93. The van der Waals surface area contributed by atoms with E-state index < -0.39 is 0 Å². The van der Waals surface area contributed by atoms with Crippen molar-refractivity contribution in [1.29, 1.82) is 0 Å². The molecule has 1 fully saturated rings. The molecule has 2 aliphatic rings. The third-order valence-electron chi connectivity index (χ3n) is 4.94. The molecule has 18 heavy (non-hydrogen) atoms. The van der Waals surface area contributed by atoms with Gasteiger partial charge < -0.3 is 5.73 Å². The predicted octanol–water partition coefficient (Wildman–Crippen LogP) is 2.71. The van der Waals surface area contributed by atoms with E-state index in [-0.39, 0.29) is 0 Å². The molecule has 98 valence electrons. The Balaban J connectivity index is 1.86. The standard InChI is InChI=1S/C16H24N2/c17-13-16(9-3-4-10-16)18-11-5-8-14-6-1-2-7-15(14)12-18/h1-2,6-7H,3-5,8-13,17H2. The summed E-state index contributed by atoms with van der Waals surface area (Å²) in [6.45, 7) is 3.15. The zero-order valence-electron chi connectivity index (χ0n) is 11.2. The molecule has 1 saturated carbocycles. The average molecular weight is 244 g/mol. The highest BCUT2D eigenvalue weighted by Gasteiger charge is 2.38. The zero-order valence-corrected chi connectivity index (χ0v) is 11.2. The third kappa shape index (κ3) is 2.08. The average Bonchev–Trinajstić information content (AvgIpc) is 2.79. The Hall–Kier alpha value is -0.860. The van der Waals surface area contributed by atoms with Gasteiger partial charge in [0.05, 0.1) is 0 Å². The molecular formula is C16H24N2. The lowest BCUT2D eigenvalue weighted by Crippen LogP contribution is -2.51. The van der Waals surface area contributed by atoms with Crippen LogP contribution in [-0.2, 0) is 13.0 Å². The fourth-order valence-electron chi connectivity index (χ4n) is 3.79. The topological polar surface area (TPSA) is 29.3 Å². The first kappa shape index (κ1) is 12.2. The van der Waals surface area contributed by atoms with Crippen molar-refractivity contribution in [3.05, 3.63) is 35.4 Å². The predicted molar refractivity (Wildman–Crippen MR) is 75.4 cm³/mol. The Morgan fingerprint density at radius 3 is 2.50 bits per heavy atom. The number of hydrogen-bond acceptors (Lipinski definition) is 2. The summed E-state index contributed by atoms with van der Waals surface area (Å²) in [5, 5.41) is 0. The van der Waals surface area contributed by atoms with Crippen LogP contribution < -0.4 is 5.73 Å². The van der Waals surface area contributed by atoms with Gasteiger partial charge in [0.1, 0.15) is 0 Å². The van der Waals surface area contributed by atoms with Crippen molar-refractivity contribution in [2.75, 3.05) is 13.1 Å². The number of nitrogens with two attached hydrogens (primary N) is 1. The van der Waals surface area contributed by atoms with E-state index in [2.05, 4.69) is 29.2 Å². The van der Waals surface area contributed by atoms with Crippen LogP contribution in [0.5, 0.6) is 0 Å². The summed E-state index contributed by atoms with van der Waals surface area (Å²) < 4.78 is 0. The maximum atomic E-state index is 6.13. The number of aryl methyl sites for hydroxylation is 1. The van der Waals surface area contributed by atoms with Gasteiger partial charge in [0.25, 0.3) is 0 Å². The fraction of sp³-hybridized carbons (Fsp3) is 0.625. The molecule has 0 amide bonds. The lowest BCUT2D eigenvalue weighted by Gasteiger charge is -2.40. The Bertz CT molecular complexity index is 407. The van der Waals surface area contributed by atoms with Crippen LogP contribution in [0, 0.1) is 0 Å². The van der Waals surface area contributed by atoms with Gasteiger partial charge >= 0.3 is 0 Å². The Morgan fingerprint density at radius 1 is 1.06 bits per heavy atom. The van der Waals surface area contributed by atoms with Crippen molar-refractivity contribution in [2.45, 2.75) is 50.6 Å². The SMILES string of the molecule is NCC1(N2CCCc3ccccc3C2)CCCC1. The van der Waals surface area contributed by atoms with E-state index in [0.29, 0.717) is 5.54 Å². The van der Waals surface area contributed by atoms with Crippen molar-refractivity contribution in [2.24, 2.45) is 5.73 Å². The second kappa shape index (κ2) is 5.02. The first-order valence-corrected chi connectivity index (χ1v) is 7.36. The van der Waals surface area contributed by atoms with Crippen LogP contribution in [0.25, 0.3) is 0 Å². The van der Waals surface area contributed by atoms with Crippen molar-refractivity contribution in [1.82, 2.24) is 4.90 Å². The molecule has 3 rings (SSSR count). The molecule has 0 radical (unpaired) electrons. The van der Waals surface area contributed by atoms with Crippen LogP contribution in [-0.4, -0.2) is 23.5 Å². The van der Waals surface area contributed by atoms with Gasteiger partial charge in [0.2, 0.25) is 0 Å². The molecule has 2 N–H and O–H groups in total. The number of nitrogens with zero attached hydrogens (tertiary/aromatic N) is 1. The summed E-state index contributed by atoms with van der Waals surface area (Å²) in [5.74, 6) is 0. The smallest absolute Gasteiger partial charge is 0.0335 e. The van der Waals surface area contributed by atoms with Crippen LogP contribution >= 0.6 is 0 Å². The van der Waals surface area contributed by atoms with E-state index in [1.54, 1.807) is 5.56 Å². The van der Waals surface area contributed by atoms with Gasteiger partial charge in [-0.15, -0.1) is 0 Å². The molecule has 0 aromatic heterocycles. The molecule has 1 heterocycles. The molecule has 0 bridgehead atoms. The van der Waals surface area contributed by atoms with Crippen molar-refractivity contribution >= 4 is 0 Å². The number of fused-ring (bicyclic) bond motifs is 1. The molecule has 0 atom stereocenters. The maximum absolute atomic E-state index is 6.13. The molecule has 1 aromatic carbocycles. The van der Waals surface area contributed by atoms with Gasteiger partial charge in [-0.25, -0.2) is 0 Å². The lowest BCUT2D eigenvalue weighted by atomic mass is 9.94. The number of rotatable bonds is 2. The summed E-state index contributed by atoms with van der Waals surface area (Å²) in [4.78, 5) is 2.69. The minimum absolute atomic E-state index is 0.303. The second-order valence-corrected chi connectivity index (χ2v) is 5.93. The van der Waals surface area contributed by atoms with Crippen LogP contribution in [0.3, 0.4) is 0 Å². The minimum atomic E-state index is 0.303. The summed E-state index contributed by atoms with van der Waals surface area (Å²) in [6.07, 6.45) is 7.81. The Morgan fingerprint density at radius 2 is 1.78 bits per heavy atom. The van der Waals surface area contributed by atoms with Crippen LogP contribution in [0.2, 0.25) is 0 Å². The van der Waals surface area contributed by atoms with Gasteiger partial charge in [-0.3, -0.25) is 4.90 Å². The van der Waals surface area contributed by atoms with Crippen LogP contribution in [0.1, 0.15) is 43.2 Å². The molecule has 0 unspecified atom stereocenters. The molecule has 2 heteroatoms. The van der Waals surface area contributed by atoms with Gasteiger partial charge in [-0.2, -0.15) is 0 Å². The molecule has 1 aliphatic carbocycles. The largest absolute Gasteiger partial charge is 0.329 e. The van der Waals surface area contributed by atoms with E-state index >= 15 is 0 Å². The lowest BCUT2D eigenvalue weighted by molar-refractivity contribution is 0.0922. The van der Waals surface area contributed by atoms with E-state index in [9.17, 15) is 0 Å². The van der Waals surface area contributed by atoms with Gasteiger partial charge in [-0.1, -0.05) is 37.1 Å². The molecular weight excluding hydrogens is 220 g/mol. The molecule has 2 nitrogen and oxygen atoms in total. The Kier molecular flexibility index (Phi) is 3.40. The first-order chi connectivity index (χ1) is 8.84. The third-order valence-corrected chi connectivity index (χ3v) is 4.94. The molecule has 0 saturated heterocycles. The van der Waals surface area contributed by atoms with Crippen molar-refractivity contribution < 1.29 is 0 Å².